The second-order valence-corrected chi connectivity index (χ2v) is 18.8. The summed E-state index contributed by atoms with van der Waals surface area (Å²) in [6.45, 7) is 0. The van der Waals surface area contributed by atoms with Gasteiger partial charge < -0.3 is 9.64 Å². The zero-order valence-corrected chi connectivity index (χ0v) is 39.3. The molecule has 72 heavy (non-hydrogen) atoms. The predicted molar refractivity (Wildman–Crippen MR) is 304 cm³/mol. The first-order chi connectivity index (χ1) is 35.7. The molecular weight excluding hydrogens is 871 g/mol. The minimum Gasteiger partial charge on any atom is -0.453 e. The molecule has 1 heterocycles. The Bertz CT molecular complexity index is 3790. The Kier molecular flexibility index (Phi) is 9.89. The van der Waals surface area contributed by atoms with Crippen LogP contribution in [0.25, 0.3) is 110 Å². The minimum absolute atomic E-state index is 0.815. The number of nitrogens with zero attached hydrogens (tertiary/aromatic N) is 1. The SMILES string of the molecule is c1ccc2c(c1)Oc1ccccc1N2c1cc(-c2cc(-c3cccc4ccccc34)cc(-c3cccc4ccccc34)c2)cc(-c2cc(-c3cccc4ccccc34)cc(-c3cccc4ccccc34)c2)c1. The lowest BCUT2D eigenvalue weighted by Gasteiger charge is -2.33. The minimum atomic E-state index is 0.815. The number of hydrogen-bond acceptors (Lipinski definition) is 2. The van der Waals surface area contributed by atoms with Gasteiger partial charge in [0, 0.05) is 5.69 Å². The van der Waals surface area contributed by atoms with Gasteiger partial charge in [0.15, 0.2) is 11.5 Å². The van der Waals surface area contributed by atoms with Crippen LogP contribution in [0.3, 0.4) is 0 Å². The van der Waals surface area contributed by atoms with Crippen LogP contribution in [0.5, 0.6) is 11.5 Å². The summed E-state index contributed by atoms with van der Waals surface area (Å²) in [5.74, 6) is 1.63. The Morgan fingerprint density at radius 2 is 0.486 bits per heavy atom. The van der Waals surface area contributed by atoms with Gasteiger partial charge in [0.25, 0.3) is 0 Å². The summed E-state index contributed by atoms with van der Waals surface area (Å²) >= 11 is 0. The highest BCUT2D eigenvalue weighted by Gasteiger charge is 2.27. The van der Waals surface area contributed by atoms with E-state index in [1.54, 1.807) is 0 Å². The number of benzene rings is 13. The van der Waals surface area contributed by atoms with Crippen molar-refractivity contribution < 1.29 is 4.74 Å². The zero-order chi connectivity index (χ0) is 47.5. The second-order valence-electron chi connectivity index (χ2n) is 18.8. The first-order valence-electron chi connectivity index (χ1n) is 24.7. The molecule has 0 saturated carbocycles. The van der Waals surface area contributed by atoms with E-state index >= 15 is 0 Å². The average Bonchev–Trinajstić information content (AvgIpc) is 3.45. The topological polar surface area (TPSA) is 12.5 Å². The summed E-state index contributed by atoms with van der Waals surface area (Å²) in [7, 11) is 0. The van der Waals surface area contributed by atoms with Crippen LogP contribution >= 0.6 is 0 Å². The van der Waals surface area contributed by atoms with Crippen molar-refractivity contribution in [3.63, 3.8) is 0 Å². The maximum absolute atomic E-state index is 6.62. The highest BCUT2D eigenvalue weighted by molar-refractivity contribution is 6.04. The van der Waals surface area contributed by atoms with Gasteiger partial charge in [-0.25, -0.2) is 0 Å². The first kappa shape index (κ1) is 41.5. The first-order valence-corrected chi connectivity index (χ1v) is 24.7. The Morgan fingerprint density at radius 3 is 0.847 bits per heavy atom. The van der Waals surface area contributed by atoms with E-state index in [4.69, 9.17) is 4.74 Å². The number of para-hydroxylation sites is 4. The molecule has 0 bridgehead atoms. The number of anilines is 3. The quantitative estimate of drug-likeness (QED) is 0.158. The van der Waals surface area contributed by atoms with Crippen LogP contribution in [0.4, 0.5) is 17.1 Å². The fraction of sp³-hybridized carbons (Fsp3) is 0. The average molecular weight is 916 g/mol. The lowest BCUT2D eigenvalue weighted by molar-refractivity contribution is 0.477. The monoisotopic (exact) mass is 915 g/mol. The standard InChI is InChI=1S/C70H45NO/c1-5-25-59-46(17-1)21-13-29-63(59)54-38-50(39-55(42-54)64-30-14-22-47-18-2-6-26-60(47)64)52-37-53(45-58(44-52)71-67-33-9-11-35-69(67)72-70-36-12-10-34-68(70)71)51-40-56(65-31-15-23-48-19-3-7-27-61(48)65)43-57(41-51)66-32-16-24-49-20-4-8-28-62(49)66/h1-45H. The van der Waals surface area contributed by atoms with E-state index in [0.29, 0.717) is 0 Å². The Labute approximate surface area is 418 Å². The van der Waals surface area contributed by atoms with Crippen molar-refractivity contribution in [2.75, 3.05) is 4.90 Å². The van der Waals surface area contributed by atoms with E-state index in [1.807, 2.05) is 12.1 Å². The molecule has 0 saturated heterocycles. The molecule has 1 aliphatic rings. The molecule has 0 radical (unpaired) electrons. The van der Waals surface area contributed by atoms with Gasteiger partial charge in [-0.15, -0.1) is 0 Å². The van der Waals surface area contributed by atoms with Crippen LogP contribution < -0.4 is 9.64 Å². The fourth-order valence-electron chi connectivity index (χ4n) is 11.2. The summed E-state index contributed by atoms with van der Waals surface area (Å²) in [5.41, 5.74) is 16.9. The lowest BCUT2D eigenvalue weighted by atomic mass is 9.87. The highest BCUT2D eigenvalue weighted by Crippen LogP contribution is 2.52. The molecule has 1 aliphatic heterocycles. The maximum Gasteiger partial charge on any atom is 0.151 e. The molecule has 2 nitrogen and oxygen atoms in total. The number of rotatable bonds is 7. The Hall–Kier alpha value is -9.50. The van der Waals surface area contributed by atoms with Crippen LogP contribution in [0.15, 0.2) is 273 Å². The summed E-state index contributed by atoms with van der Waals surface area (Å²) in [6, 6.07) is 99.8. The normalized spacial score (nSPS) is 12.0. The molecule has 0 unspecified atom stereocenters. The second kappa shape index (κ2) is 17.2. The summed E-state index contributed by atoms with van der Waals surface area (Å²) < 4.78 is 6.62. The fourth-order valence-corrected chi connectivity index (χ4v) is 11.2. The van der Waals surface area contributed by atoms with Crippen LogP contribution in [-0.4, -0.2) is 0 Å². The molecule has 0 amide bonds. The number of ether oxygens (including phenoxy) is 1. The molecule has 13 aromatic carbocycles. The summed E-state index contributed by atoms with van der Waals surface area (Å²) in [6.07, 6.45) is 0. The van der Waals surface area contributed by atoms with Crippen molar-refractivity contribution >= 4 is 60.2 Å². The molecule has 0 aliphatic carbocycles. The molecule has 0 atom stereocenters. The van der Waals surface area contributed by atoms with Gasteiger partial charge in [0.05, 0.1) is 11.4 Å². The van der Waals surface area contributed by atoms with Gasteiger partial charge in [0.2, 0.25) is 0 Å². The van der Waals surface area contributed by atoms with Crippen molar-refractivity contribution in [1.82, 2.24) is 0 Å². The van der Waals surface area contributed by atoms with E-state index in [0.717, 1.165) is 73.1 Å². The van der Waals surface area contributed by atoms with Crippen molar-refractivity contribution in [2.45, 2.75) is 0 Å². The van der Waals surface area contributed by atoms with Crippen LogP contribution in [0, 0.1) is 0 Å². The molecule has 0 spiro atoms. The molecule has 2 heteroatoms. The summed E-state index contributed by atoms with van der Waals surface area (Å²) in [5, 5.41) is 9.77. The van der Waals surface area contributed by atoms with Crippen molar-refractivity contribution in [3.8, 4) is 78.3 Å². The molecule has 336 valence electrons. The molecule has 0 fully saturated rings. The lowest BCUT2D eigenvalue weighted by Crippen LogP contribution is -2.15. The van der Waals surface area contributed by atoms with Gasteiger partial charge in [-0.2, -0.15) is 0 Å². The third kappa shape index (κ3) is 7.20. The molecule has 14 rings (SSSR count). The van der Waals surface area contributed by atoms with E-state index in [9.17, 15) is 0 Å². The molecular formula is C70H45NO. The maximum atomic E-state index is 6.62. The third-order valence-electron chi connectivity index (χ3n) is 14.5. The van der Waals surface area contributed by atoms with Gasteiger partial charge in [-0.1, -0.05) is 194 Å². The zero-order valence-electron chi connectivity index (χ0n) is 39.3. The Balaban J connectivity index is 1.07. The predicted octanol–water partition coefficient (Wildman–Crippen LogP) is 19.9. The Morgan fingerprint density at radius 1 is 0.222 bits per heavy atom. The number of fused-ring (bicyclic) bond motifs is 6. The highest BCUT2D eigenvalue weighted by atomic mass is 16.5. The molecule has 13 aromatic rings. The van der Waals surface area contributed by atoms with Gasteiger partial charge >= 0.3 is 0 Å². The van der Waals surface area contributed by atoms with Crippen LogP contribution in [-0.2, 0) is 0 Å². The van der Waals surface area contributed by atoms with Crippen molar-refractivity contribution in [3.05, 3.63) is 273 Å². The third-order valence-corrected chi connectivity index (χ3v) is 14.5. The van der Waals surface area contributed by atoms with Crippen LogP contribution in [0.2, 0.25) is 0 Å². The van der Waals surface area contributed by atoms with Crippen molar-refractivity contribution in [2.24, 2.45) is 0 Å². The van der Waals surface area contributed by atoms with E-state index in [-0.39, 0.29) is 0 Å². The van der Waals surface area contributed by atoms with Gasteiger partial charge in [0.1, 0.15) is 0 Å². The smallest absolute Gasteiger partial charge is 0.151 e. The van der Waals surface area contributed by atoms with E-state index < -0.39 is 0 Å². The van der Waals surface area contributed by atoms with Gasteiger partial charge in [-0.3, -0.25) is 0 Å². The number of hydrogen-bond donors (Lipinski definition) is 0. The summed E-state index contributed by atoms with van der Waals surface area (Å²) in [4.78, 5) is 2.38. The van der Waals surface area contributed by atoms with Crippen LogP contribution in [0.1, 0.15) is 0 Å². The van der Waals surface area contributed by atoms with E-state index in [2.05, 4.69) is 266 Å². The molecule has 0 N–H and O–H groups in total. The van der Waals surface area contributed by atoms with E-state index in [1.165, 1.54) is 65.3 Å². The van der Waals surface area contributed by atoms with Crippen molar-refractivity contribution in [1.29, 1.82) is 0 Å². The largest absolute Gasteiger partial charge is 0.453 e. The molecule has 0 aromatic heterocycles. The van der Waals surface area contributed by atoms with Gasteiger partial charge in [-0.05, 0) is 189 Å².